The first-order chi connectivity index (χ1) is 17.7. The van der Waals surface area contributed by atoms with Gasteiger partial charge in [0.2, 0.25) is 0 Å². The molecule has 36 heavy (non-hydrogen) atoms. The van der Waals surface area contributed by atoms with Gasteiger partial charge in [0.1, 0.15) is 0 Å². The molecule has 0 amide bonds. The second-order valence-electron chi connectivity index (χ2n) is 9.89. The van der Waals surface area contributed by atoms with Crippen LogP contribution in [0.4, 0.5) is 0 Å². The molecule has 1 aliphatic rings. The van der Waals surface area contributed by atoms with Crippen LogP contribution >= 0.6 is 24.0 Å². The van der Waals surface area contributed by atoms with Crippen LogP contribution in [0.15, 0.2) is 78.9 Å². The lowest BCUT2D eigenvalue weighted by atomic mass is 9.94. The molecule has 2 aromatic rings. The Morgan fingerprint density at radius 2 is 1.39 bits per heavy atom. The fourth-order valence-corrected chi connectivity index (χ4v) is 6.05. The zero-order chi connectivity index (χ0) is 25.5. The number of hydrogen-bond donors (Lipinski definition) is 0. The molecule has 1 nitrogen and oxygen atoms in total. The molecule has 194 valence electrons. The molecule has 0 atom stereocenters. The summed E-state index contributed by atoms with van der Waals surface area (Å²) in [6, 6.07) is 19.3. The minimum absolute atomic E-state index is 0.276. The zero-order valence-electron chi connectivity index (χ0n) is 22.3. The number of benzene rings is 2. The molecule has 0 aromatic heterocycles. The maximum Gasteiger partial charge on any atom is 0.193 e. The van der Waals surface area contributed by atoms with Crippen molar-refractivity contribution in [3.8, 4) is 0 Å². The van der Waals surface area contributed by atoms with Gasteiger partial charge in [0.25, 0.3) is 0 Å². The number of ether oxygens (including phenoxy) is 1. The molecular weight excluding hydrogens is 476 g/mol. The Balaban J connectivity index is 1.61. The van der Waals surface area contributed by atoms with Gasteiger partial charge in [0.15, 0.2) is 9.98 Å². The number of hydrogen-bond acceptors (Lipinski definition) is 3. The molecule has 0 saturated heterocycles. The molecule has 0 radical (unpaired) electrons. The van der Waals surface area contributed by atoms with E-state index in [0.29, 0.717) is 5.05 Å². The number of thiocarbonyl (C=S) groups is 1. The van der Waals surface area contributed by atoms with Gasteiger partial charge in [0, 0.05) is 11.5 Å². The van der Waals surface area contributed by atoms with E-state index in [-0.39, 0.29) is 5.92 Å². The summed E-state index contributed by atoms with van der Waals surface area (Å²) in [5, 5.41) is 0.578. The first kappa shape index (κ1) is 28.7. The SMILES string of the molecule is CCCCCCCCCSC1(OC(=S)c2ccc(CCCCC)cc2)C=CC(c2ccccc2)C=C1. The largest absolute Gasteiger partial charge is 0.458 e. The van der Waals surface area contributed by atoms with Gasteiger partial charge in [0.05, 0.1) is 0 Å². The first-order valence-corrected chi connectivity index (χ1v) is 15.4. The van der Waals surface area contributed by atoms with Crippen molar-refractivity contribution in [2.24, 2.45) is 0 Å². The van der Waals surface area contributed by atoms with Crippen LogP contribution in [0, 0.1) is 0 Å². The van der Waals surface area contributed by atoms with E-state index in [1.807, 2.05) is 11.8 Å². The average molecular weight is 521 g/mol. The van der Waals surface area contributed by atoms with E-state index in [1.165, 1.54) is 75.3 Å². The third kappa shape index (κ3) is 9.56. The molecule has 3 rings (SSSR count). The first-order valence-electron chi connectivity index (χ1n) is 14.1. The predicted octanol–water partition coefficient (Wildman–Crippen LogP) is 10.2. The third-order valence-corrected chi connectivity index (χ3v) is 8.46. The molecule has 0 spiro atoms. The molecule has 0 fully saturated rings. The summed E-state index contributed by atoms with van der Waals surface area (Å²) < 4.78 is 6.57. The summed E-state index contributed by atoms with van der Waals surface area (Å²) in [4.78, 5) is -0.537. The van der Waals surface area contributed by atoms with Crippen molar-refractivity contribution in [2.75, 3.05) is 5.75 Å². The summed E-state index contributed by atoms with van der Waals surface area (Å²) in [5.74, 6) is 1.34. The van der Waals surface area contributed by atoms with Crippen LogP contribution in [0.1, 0.15) is 101 Å². The Labute approximate surface area is 229 Å². The highest BCUT2D eigenvalue weighted by atomic mass is 32.2. The van der Waals surface area contributed by atoms with Crippen LogP contribution in [0.5, 0.6) is 0 Å². The van der Waals surface area contributed by atoms with Gasteiger partial charge in [-0.3, -0.25) is 0 Å². The number of aryl methyl sites for hydroxylation is 1. The average Bonchev–Trinajstić information content (AvgIpc) is 2.92. The molecule has 2 aromatic carbocycles. The minimum Gasteiger partial charge on any atom is -0.458 e. The van der Waals surface area contributed by atoms with Gasteiger partial charge in [-0.25, -0.2) is 0 Å². The third-order valence-electron chi connectivity index (χ3n) is 6.84. The normalized spacial score (nSPS) is 18.9. The second-order valence-corrected chi connectivity index (χ2v) is 11.6. The van der Waals surface area contributed by atoms with Crippen molar-refractivity contribution < 1.29 is 4.74 Å². The van der Waals surface area contributed by atoms with Gasteiger partial charge < -0.3 is 4.74 Å². The Hall–Kier alpha value is -1.84. The van der Waals surface area contributed by atoms with E-state index < -0.39 is 4.93 Å². The molecule has 1 aliphatic carbocycles. The highest BCUT2D eigenvalue weighted by molar-refractivity contribution is 8.00. The lowest BCUT2D eigenvalue weighted by molar-refractivity contribution is 0.256. The lowest BCUT2D eigenvalue weighted by Crippen LogP contribution is -2.29. The molecule has 0 bridgehead atoms. The van der Waals surface area contributed by atoms with E-state index in [2.05, 4.69) is 92.7 Å². The molecular formula is C33H44OS2. The van der Waals surface area contributed by atoms with Crippen molar-refractivity contribution in [1.29, 1.82) is 0 Å². The van der Waals surface area contributed by atoms with E-state index >= 15 is 0 Å². The van der Waals surface area contributed by atoms with Gasteiger partial charge >= 0.3 is 0 Å². The van der Waals surface area contributed by atoms with Crippen molar-refractivity contribution in [1.82, 2.24) is 0 Å². The van der Waals surface area contributed by atoms with Gasteiger partial charge in [-0.2, -0.15) is 0 Å². The van der Waals surface area contributed by atoms with Crippen LogP contribution < -0.4 is 0 Å². The smallest absolute Gasteiger partial charge is 0.193 e. The maximum atomic E-state index is 6.57. The molecule has 0 heterocycles. The zero-order valence-corrected chi connectivity index (χ0v) is 23.9. The molecule has 0 aliphatic heterocycles. The van der Waals surface area contributed by atoms with Crippen LogP contribution in [-0.4, -0.2) is 15.7 Å². The highest BCUT2D eigenvalue weighted by Gasteiger charge is 2.31. The second kappa shape index (κ2) is 16.1. The van der Waals surface area contributed by atoms with E-state index in [9.17, 15) is 0 Å². The van der Waals surface area contributed by atoms with Gasteiger partial charge in [-0.1, -0.05) is 132 Å². The molecule has 0 unspecified atom stereocenters. The summed E-state index contributed by atoms with van der Waals surface area (Å²) in [6.45, 7) is 4.52. The standard InChI is InChI=1S/C33H44OS2/c1-3-5-7-8-9-10-15-27-36-33(25-23-30(24-26-33)29-17-13-11-14-18-29)34-32(35)31-21-19-28(20-22-31)16-12-6-4-2/h11,13-14,17-26,30H,3-10,12,15-16,27H2,1-2H3. The predicted molar refractivity (Wildman–Crippen MR) is 163 cm³/mol. The Bertz CT molecular complexity index is 931. The number of rotatable bonds is 16. The van der Waals surface area contributed by atoms with Crippen LogP contribution in [-0.2, 0) is 11.2 Å². The lowest BCUT2D eigenvalue weighted by Gasteiger charge is -2.31. The number of unbranched alkanes of at least 4 members (excludes halogenated alkanes) is 8. The van der Waals surface area contributed by atoms with Gasteiger partial charge in [-0.05, 0) is 60.5 Å². The molecule has 0 N–H and O–H groups in total. The molecule has 3 heteroatoms. The summed E-state index contributed by atoms with van der Waals surface area (Å²) >= 11 is 7.67. The van der Waals surface area contributed by atoms with Crippen molar-refractivity contribution >= 4 is 29.0 Å². The van der Waals surface area contributed by atoms with Crippen LogP contribution in [0.25, 0.3) is 0 Å². The van der Waals surface area contributed by atoms with Crippen LogP contribution in [0.2, 0.25) is 0 Å². The Morgan fingerprint density at radius 3 is 2.06 bits per heavy atom. The highest BCUT2D eigenvalue weighted by Crippen LogP contribution is 2.38. The fraction of sp³-hybridized carbons (Fsp3) is 0.485. The summed E-state index contributed by atoms with van der Waals surface area (Å²) in [5.41, 5.74) is 3.67. The van der Waals surface area contributed by atoms with E-state index in [0.717, 1.165) is 17.7 Å². The topological polar surface area (TPSA) is 9.23 Å². The number of thioether (sulfide) groups is 1. The Morgan fingerprint density at radius 1 is 0.778 bits per heavy atom. The van der Waals surface area contributed by atoms with Crippen molar-refractivity contribution in [2.45, 2.75) is 95.3 Å². The van der Waals surface area contributed by atoms with Gasteiger partial charge in [-0.15, -0.1) is 11.8 Å². The van der Waals surface area contributed by atoms with Crippen LogP contribution in [0.3, 0.4) is 0 Å². The van der Waals surface area contributed by atoms with E-state index in [4.69, 9.17) is 17.0 Å². The fourth-order valence-electron chi connectivity index (χ4n) is 4.57. The monoisotopic (exact) mass is 520 g/mol. The quantitative estimate of drug-likeness (QED) is 0.0943. The van der Waals surface area contributed by atoms with E-state index in [1.54, 1.807) is 0 Å². The number of allylic oxidation sites excluding steroid dienone is 2. The van der Waals surface area contributed by atoms with Crippen molar-refractivity contribution in [3.63, 3.8) is 0 Å². The van der Waals surface area contributed by atoms with Crippen molar-refractivity contribution in [3.05, 3.63) is 95.6 Å². The Kier molecular flexibility index (Phi) is 12.8. The summed E-state index contributed by atoms with van der Waals surface area (Å²) in [7, 11) is 0. The minimum atomic E-state index is -0.537. The summed E-state index contributed by atoms with van der Waals surface area (Å²) in [6.07, 6.45) is 23.1. The molecule has 0 saturated carbocycles. The maximum absolute atomic E-state index is 6.57.